The molecule has 0 bridgehead atoms. The van der Waals surface area contributed by atoms with E-state index >= 15 is 0 Å². The van der Waals surface area contributed by atoms with Crippen molar-refractivity contribution >= 4 is 5.97 Å². The van der Waals surface area contributed by atoms with E-state index in [1.165, 1.54) is 11.1 Å². The number of rotatable bonds is 2. The Morgan fingerprint density at radius 1 is 1.00 bits per heavy atom. The number of carbonyl (C=O) groups excluding carboxylic acids is 1. The molecule has 2 aromatic rings. The normalized spacial score (nSPS) is 14.1. The highest BCUT2D eigenvalue weighted by Crippen LogP contribution is 2.34. The first-order valence-electron chi connectivity index (χ1n) is 7.13. The summed E-state index contributed by atoms with van der Waals surface area (Å²) in [7, 11) is 0. The van der Waals surface area contributed by atoms with Crippen LogP contribution in [0.4, 0.5) is 0 Å². The second-order valence-electron chi connectivity index (χ2n) is 5.08. The minimum atomic E-state index is -0.287. The van der Waals surface area contributed by atoms with Crippen LogP contribution in [0.1, 0.15) is 35.1 Å². The van der Waals surface area contributed by atoms with Crippen molar-refractivity contribution in [2.45, 2.75) is 25.7 Å². The fraction of sp³-hybridized carbons (Fsp3) is 0.278. The summed E-state index contributed by atoms with van der Waals surface area (Å²) in [4.78, 5) is 12.5. The Labute approximate surface area is 119 Å². The molecular formula is C18H18O2. The molecule has 1 aliphatic rings. The fourth-order valence-corrected chi connectivity index (χ4v) is 3.00. The van der Waals surface area contributed by atoms with Crippen LogP contribution in [-0.2, 0) is 22.4 Å². The molecule has 0 unspecified atom stereocenters. The smallest absolute Gasteiger partial charge is 0.317 e. The van der Waals surface area contributed by atoms with Gasteiger partial charge in [-0.25, -0.2) is 0 Å². The van der Waals surface area contributed by atoms with Gasteiger partial charge in [0, 0.05) is 0 Å². The topological polar surface area (TPSA) is 26.3 Å². The second-order valence-corrected chi connectivity index (χ2v) is 5.08. The number of esters is 1. The number of carbonyl (C=O) groups is 1. The molecule has 0 radical (unpaired) electrons. The Morgan fingerprint density at radius 3 is 2.00 bits per heavy atom. The molecular weight excluding hydrogens is 248 g/mol. The van der Waals surface area contributed by atoms with E-state index in [-0.39, 0.29) is 11.9 Å². The van der Waals surface area contributed by atoms with Gasteiger partial charge in [0.2, 0.25) is 0 Å². The van der Waals surface area contributed by atoms with Crippen molar-refractivity contribution in [2.24, 2.45) is 0 Å². The molecule has 102 valence electrons. The summed E-state index contributed by atoms with van der Waals surface area (Å²) in [5.41, 5.74) is 4.69. The van der Waals surface area contributed by atoms with E-state index in [2.05, 4.69) is 24.3 Å². The molecule has 20 heavy (non-hydrogen) atoms. The SMILES string of the molecule is CCOC(=O)C1c2ccccc2CCc2ccccc21. The molecule has 2 nitrogen and oxygen atoms in total. The Morgan fingerprint density at radius 2 is 1.50 bits per heavy atom. The lowest BCUT2D eigenvalue weighted by atomic mass is 9.88. The van der Waals surface area contributed by atoms with Crippen molar-refractivity contribution in [1.29, 1.82) is 0 Å². The number of hydrogen-bond acceptors (Lipinski definition) is 2. The molecule has 0 N–H and O–H groups in total. The number of ether oxygens (including phenoxy) is 1. The first-order chi connectivity index (χ1) is 9.81. The van der Waals surface area contributed by atoms with Gasteiger partial charge in [0.05, 0.1) is 6.61 Å². The van der Waals surface area contributed by atoms with Crippen molar-refractivity contribution in [3.05, 3.63) is 70.8 Å². The predicted molar refractivity (Wildman–Crippen MR) is 78.8 cm³/mol. The van der Waals surface area contributed by atoms with Gasteiger partial charge in [0.15, 0.2) is 0 Å². The van der Waals surface area contributed by atoms with Crippen LogP contribution >= 0.6 is 0 Å². The molecule has 0 saturated carbocycles. The molecule has 2 aromatic carbocycles. The molecule has 0 heterocycles. The van der Waals surface area contributed by atoms with Gasteiger partial charge in [0.1, 0.15) is 5.92 Å². The van der Waals surface area contributed by atoms with Gasteiger partial charge in [0.25, 0.3) is 0 Å². The van der Waals surface area contributed by atoms with Crippen molar-refractivity contribution in [2.75, 3.05) is 6.61 Å². The third kappa shape index (κ3) is 2.22. The van der Waals surface area contributed by atoms with Crippen LogP contribution in [0.5, 0.6) is 0 Å². The minimum Gasteiger partial charge on any atom is -0.465 e. The summed E-state index contributed by atoms with van der Waals surface area (Å²) in [5, 5.41) is 0. The summed E-state index contributed by atoms with van der Waals surface area (Å²) in [6.07, 6.45) is 1.95. The van der Waals surface area contributed by atoms with E-state index in [9.17, 15) is 4.79 Å². The molecule has 1 aliphatic carbocycles. The standard InChI is InChI=1S/C18H18O2/c1-2-20-18(19)17-15-9-5-3-7-13(15)11-12-14-8-4-6-10-16(14)17/h3-10,17H,2,11-12H2,1H3. The van der Waals surface area contributed by atoms with Crippen molar-refractivity contribution in [3.63, 3.8) is 0 Å². The lowest BCUT2D eigenvalue weighted by Crippen LogP contribution is -2.18. The molecule has 3 rings (SSSR count). The van der Waals surface area contributed by atoms with E-state index in [1.54, 1.807) is 0 Å². The highest BCUT2D eigenvalue weighted by molar-refractivity contribution is 5.83. The van der Waals surface area contributed by atoms with Gasteiger partial charge in [-0.1, -0.05) is 48.5 Å². The minimum absolute atomic E-state index is 0.144. The Bertz CT molecular complexity index is 583. The average Bonchev–Trinajstić information content (AvgIpc) is 2.64. The van der Waals surface area contributed by atoms with Crippen LogP contribution in [-0.4, -0.2) is 12.6 Å². The van der Waals surface area contributed by atoms with Gasteiger partial charge in [-0.3, -0.25) is 4.79 Å². The number of fused-ring (bicyclic) bond motifs is 2. The fourth-order valence-electron chi connectivity index (χ4n) is 3.00. The van der Waals surface area contributed by atoms with Crippen LogP contribution in [0.2, 0.25) is 0 Å². The lowest BCUT2D eigenvalue weighted by molar-refractivity contribution is -0.143. The monoisotopic (exact) mass is 266 g/mol. The average molecular weight is 266 g/mol. The van der Waals surface area contributed by atoms with Crippen LogP contribution in [0.3, 0.4) is 0 Å². The third-order valence-corrected chi connectivity index (χ3v) is 3.92. The lowest BCUT2D eigenvalue weighted by Gasteiger charge is -2.18. The number of benzene rings is 2. The molecule has 0 saturated heterocycles. The van der Waals surface area contributed by atoms with Gasteiger partial charge < -0.3 is 4.74 Å². The highest BCUT2D eigenvalue weighted by Gasteiger charge is 2.29. The molecule has 0 aromatic heterocycles. The zero-order valence-electron chi connectivity index (χ0n) is 11.6. The summed E-state index contributed by atoms with van der Waals surface area (Å²) in [5.74, 6) is -0.431. The maximum absolute atomic E-state index is 12.5. The van der Waals surface area contributed by atoms with E-state index in [4.69, 9.17) is 4.74 Å². The summed E-state index contributed by atoms with van der Waals surface area (Å²) in [6.45, 7) is 2.27. The van der Waals surface area contributed by atoms with E-state index < -0.39 is 0 Å². The van der Waals surface area contributed by atoms with E-state index in [0.717, 1.165) is 24.0 Å². The molecule has 0 aliphatic heterocycles. The quantitative estimate of drug-likeness (QED) is 0.778. The summed E-state index contributed by atoms with van der Waals surface area (Å²) >= 11 is 0. The predicted octanol–water partition coefficient (Wildman–Crippen LogP) is 3.48. The van der Waals surface area contributed by atoms with Crippen molar-refractivity contribution < 1.29 is 9.53 Å². The van der Waals surface area contributed by atoms with Gasteiger partial charge in [-0.15, -0.1) is 0 Å². The van der Waals surface area contributed by atoms with Crippen LogP contribution in [0.15, 0.2) is 48.5 Å². The first kappa shape index (κ1) is 12.9. The van der Waals surface area contributed by atoms with E-state index in [0.29, 0.717) is 6.61 Å². The van der Waals surface area contributed by atoms with Crippen LogP contribution < -0.4 is 0 Å². The molecule has 0 spiro atoms. The van der Waals surface area contributed by atoms with E-state index in [1.807, 2.05) is 31.2 Å². The highest BCUT2D eigenvalue weighted by atomic mass is 16.5. The Balaban J connectivity index is 2.16. The van der Waals surface area contributed by atoms with Crippen molar-refractivity contribution in [1.82, 2.24) is 0 Å². The number of aryl methyl sites for hydroxylation is 2. The Hall–Kier alpha value is -2.09. The first-order valence-corrected chi connectivity index (χ1v) is 7.13. The zero-order chi connectivity index (χ0) is 13.9. The molecule has 0 atom stereocenters. The molecule has 0 fully saturated rings. The van der Waals surface area contributed by atoms with Gasteiger partial charge >= 0.3 is 5.97 Å². The third-order valence-electron chi connectivity index (χ3n) is 3.92. The largest absolute Gasteiger partial charge is 0.465 e. The summed E-state index contributed by atoms with van der Waals surface area (Å²) < 4.78 is 5.31. The van der Waals surface area contributed by atoms with Crippen molar-refractivity contribution in [3.8, 4) is 0 Å². The maximum Gasteiger partial charge on any atom is 0.317 e. The van der Waals surface area contributed by atoms with Gasteiger partial charge in [-0.2, -0.15) is 0 Å². The maximum atomic E-state index is 12.5. The van der Waals surface area contributed by atoms with Crippen LogP contribution in [0, 0.1) is 0 Å². The van der Waals surface area contributed by atoms with Gasteiger partial charge in [-0.05, 0) is 42.0 Å². The molecule has 2 heteroatoms. The summed E-state index contributed by atoms with van der Waals surface area (Å²) in [6, 6.07) is 16.4. The van der Waals surface area contributed by atoms with Crippen LogP contribution in [0.25, 0.3) is 0 Å². The molecule has 0 amide bonds. The number of hydrogen-bond donors (Lipinski definition) is 0. The Kier molecular flexibility index (Phi) is 3.55. The zero-order valence-corrected chi connectivity index (χ0v) is 11.6. The second kappa shape index (κ2) is 5.49.